The number of piperidine rings is 1. The highest BCUT2D eigenvalue weighted by atomic mass is 16.5. The molecule has 3 rings (SSSR count). The van der Waals surface area contributed by atoms with Gasteiger partial charge in [-0.05, 0) is 39.3 Å². The molecule has 3 heteroatoms. The van der Waals surface area contributed by atoms with Gasteiger partial charge in [0.25, 0.3) is 0 Å². The fourth-order valence-corrected chi connectivity index (χ4v) is 3.70. The first-order chi connectivity index (χ1) is 10.3. The van der Waals surface area contributed by atoms with Gasteiger partial charge in [-0.15, -0.1) is 0 Å². The largest absolute Gasteiger partial charge is 0.493 e. The molecule has 2 aliphatic heterocycles. The first kappa shape index (κ1) is 14.9. The minimum Gasteiger partial charge on any atom is -0.493 e. The van der Waals surface area contributed by atoms with Crippen LogP contribution in [0.5, 0.6) is 5.75 Å². The van der Waals surface area contributed by atoms with Gasteiger partial charge >= 0.3 is 0 Å². The van der Waals surface area contributed by atoms with Crippen molar-refractivity contribution in [1.82, 2.24) is 10.2 Å². The van der Waals surface area contributed by atoms with E-state index in [0.717, 1.165) is 25.3 Å². The van der Waals surface area contributed by atoms with Crippen LogP contribution in [0, 0.1) is 0 Å². The average molecular weight is 288 g/mol. The number of nitrogens with one attached hydrogen (secondary N) is 1. The molecule has 1 aromatic rings. The minimum absolute atomic E-state index is 0.499. The van der Waals surface area contributed by atoms with Crippen LogP contribution in [-0.4, -0.2) is 36.7 Å². The first-order valence-electron chi connectivity index (χ1n) is 8.46. The summed E-state index contributed by atoms with van der Waals surface area (Å²) in [4.78, 5) is 2.67. The van der Waals surface area contributed by atoms with Gasteiger partial charge in [-0.25, -0.2) is 0 Å². The van der Waals surface area contributed by atoms with Crippen LogP contribution in [0.4, 0.5) is 0 Å². The summed E-state index contributed by atoms with van der Waals surface area (Å²) in [6.45, 7) is 7.81. The smallest absolute Gasteiger partial charge is 0.124 e. The summed E-state index contributed by atoms with van der Waals surface area (Å²) in [5.74, 6) is 1.08. The monoisotopic (exact) mass is 288 g/mol. The lowest BCUT2D eigenvalue weighted by molar-refractivity contribution is 0.0941. The van der Waals surface area contributed by atoms with Crippen molar-refractivity contribution in [2.45, 2.75) is 57.7 Å². The minimum atomic E-state index is 0.499. The van der Waals surface area contributed by atoms with E-state index < -0.39 is 0 Å². The first-order valence-corrected chi connectivity index (χ1v) is 8.46. The molecule has 0 aromatic heterocycles. The van der Waals surface area contributed by atoms with E-state index in [0.29, 0.717) is 18.1 Å². The molecule has 1 N–H and O–H groups in total. The van der Waals surface area contributed by atoms with Gasteiger partial charge in [0.2, 0.25) is 0 Å². The van der Waals surface area contributed by atoms with E-state index in [2.05, 4.69) is 48.3 Å². The molecular formula is C18H28N2O. The molecule has 116 valence electrons. The van der Waals surface area contributed by atoms with E-state index in [1.165, 1.54) is 31.4 Å². The van der Waals surface area contributed by atoms with Gasteiger partial charge in [0.15, 0.2) is 0 Å². The van der Waals surface area contributed by atoms with E-state index in [4.69, 9.17) is 4.74 Å². The lowest BCUT2D eigenvalue weighted by Crippen LogP contribution is -2.48. The molecule has 0 saturated carbocycles. The predicted octanol–water partition coefficient (Wildman–Crippen LogP) is 3.36. The molecular weight excluding hydrogens is 260 g/mol. The second-order valence-corrected chi connectivity index (χ2v) is 6.63. The fourth-order valence-electron chi connectivity index (χ4n) is 3.70. The molecule has 1 saturated heterocycles. The van der Waals surface area contributed by atoms with Gasteiger partial charge in [-0.1, -0.05) is 24.6 Å². The lowest BCUT2D eigenvalue weighted by Gasteiger charge is -2.41. The number of hydrogen-bond acceptors (Lipinski definition) is 3. The molecule has 2 unspecified atom stereocenters. The van der Waals surface area contributed by atoms with Gasteiger partial charge in [-0.2, -0.15) is 0 Å². The number of rotatable bonds is 4. The summed E-state index contributed by atoms with van der Waals surface area (Å²) in [6.07, 6.45) is 5.11. The van der Waals surface area contributed by atoms with Crippen molar-refractivity contribution < 1.29 is 4.74 Å². The van der Waals surface area contributed by atoms with Crippen molar-refractivity contribution >= 4 is 0 Å². The topological polar surface area (TPSA) is 24.5 Å². The maximum Gasteiger partial charge on any atom is 0.124 e. The van der Waals surface area contributed by atoms with E-state index in [1.54, 1.807) is 0 Å². The second-order valence-electron chi connectivity index (χ2n) is 6.63. The Morgan fingerprint density at radius 2 is 2.10 bits per heavy atom. The van der Waals surface area contributed by atoms with Crippen LogP contribution in [0.1, 0.15) is 51.1 Å². The highest BCUT2D eigenvalue weighted by Crippen LogP contribution is 2.37. The Kier molecular flexibility index (Phi) is 4.81. The van der Waals surface area contributed by atoms with Gasteiger partial charge in [0.05, 0.1) is 6.61 Å². The number of ether oxygens (including phenoxy) is 1. The summed E-state index contributed by atoms with van der Waals surface area (Å²) >= 11 is 0. The highest BCUT2D eigenvalue weighted by molar-refractivity contribution is 5.37. The Morgan fingerprint density at radius 3 is 2.86 bits per heavy atom. The van der Waals surface area contributed by atoms with E-state index in [-0.39, 0.29) is 0 Å². The summed E-state index contributed by atoms with van der Waals surface area (Å²) in [5.41, 5.74) is 1.37. The summed E-state index contributed by atoms with van der Waals surface area (Å²) in [6, 6.07) is 10.3. The maximum absolute atomic E-state index is 5.83. The Labute approximate surface area is 128 Å². The van der Waals surface area contributed by atoms with Crippen LogP contribution in [0.25, 0.3) is 0 Å². The lowest BCUT2D eigenvalue weighted by atomic mass is 9.96. The number of hydrogen-bond donors (Lipinski definition) is 1. The number of benzene rings is 1. The quantitative estimate of drug-likeness (QED) is 0.919. The molecule has 3 nitrogen and oxygen atoms in total. The zero-order chi connectivity index (χ0) is 14.7. The van der Waals surface area contributed by atoms with Gasteiger partial charge in [0.1, 0.15) is 5.75 Å². The Bertz CT molecular complexity index is 454. The van der Waals surface area contributed by atoms with Crippen molar-refractivity contribution in [3.63, 3.8) is 0 Å². The molecule has 0 amide bonds. The van der Waals surface area contributed by atoms with E-state index in [1.807, 2.05) is 0 Å². The third-order valence-corrected chi connectivity index (χ3v) is 4.83. The molecule has 21 heavy (non-hydrogen) atoms. The summed E-state index contributed by atoms with van der Waals surface area (Å²) in [7, 11) is 0. The van der Waals surface area contributed by atoms with Crippen molar-refractivity contribution in [3.8, 4) is 5.75 Å². The number of nitrogens with zero attached hydrogens (tertiary/aromatic N) is 1. The SMILES string of the molecule is CC(C)N(CC1CCCCN1)C1CCOc2ccccc21. The van der Waals surface area contributed by atoms with Crippen LogP contribution >= 0.6 is 0 Å². The van der Waals surface area contributed by atoms with E-state index in [9.17, 15) is 0 Å². The standard InChI is InChI=1S/C18H28N2O/c1-14(2)20(13-15-7-5-6-11-19-15)17-10-12-21-18-9-4-3-8-16(17)18/h3-4,8-9,14-15,17,19H,5-7,10-13H2,1-2H3. The Morgan fingerprint density at radius 1 is 1.24 bits per heavy atom. The third-order valence-electron chi connectivity index (χ3n) is 4.83. The molecule has 2 heterocycles. The normalized spacial score (nSPS) is 25.7. The van der Waals surface area contributed by atoms with Gasteiger partial charge < -0.3 is 10.1 Å². The second kappa shape index (κ2) is 6.80. The van der Waals surface area contributed by atoms with Crippen LogP contribution in [0.3, 0.4) is 0 Å². The number of para-hydroxylation sites is 1. The Balaban J connectivity index is 1.78. The van der Waals surface area contributed by atoms with Gasteiger partial charge in [-0.3, -0.25) is 4.90 Å². The molecule has 2 aliphatic rings. The molecule has 1 aromatic carbocycles. The highest BCUT2D eigenvalue weighted by Gasteiger charge is 2.30. The molecule has 0 bridgehead atoms. The van der Waals surface area contributed by atoms with Crippen molar-refractivity contribution in [2.75, 3.05) is 19.7 Å². The van der Waals surface area contributed by atoms with Crippen LogP contribution < -0.4 is 10.1 Å². The zero-order valence-electron chi connectivity index (χ0n) is 13.3. The zero-order valence-corrected chi connectivity index (χ0v) is 13.3. The fraction of sp³-hybridized carbons (Fsp3) is 0.667. The van der Waals surface area contributed by atoms with Crippen molar-refractivity contribution in [3.05, 3.63) is 29.8 Å². The third kappa shape index (κ3) is 3.41. The molecule has 0 aliphatic carbocycles. The molecule has 1 fully saturated rings. The van der Waals surface area contributed by atoms with Gasteiger partial charge in [0, 0.05) is 36.7 Å². The van der Waals surface area contributed by atoms with Crippen LogP contribution in [-0.2, 0) is 0 Å². The van der Waals surface area contributed by atoms with E-state index >= 15 is 0 Å². The summed E-state index contributed by atoms with van der Waals surface area (Å²) < 4.78 is 5.83. The number of fused-ring (bicyclic) bond motifs is 1. The molecule has 0 radical (unpaired) electrons. The van der Waals surface area contributed by atoms with Crippen LogP contribution in [0.2, 0.25) is 0 Å². The molecule has 2 atom stereocenters. The van der Waals surface area contributed by atoms with Crippen molar-refractivity contribution in [2.24, 2.45) is 0 Å². The maximum atomic E-state index is 5.83. The predicted molar refractivity (Wildman–Crippen MR) is 86.8 cm³/mol. The van der Waals surface area contributed by atoms with Crippen molar-refractivity contribution in [1.29, 1.82) is 0 Å². The van der Waals surface area contributed by atoms with Crippen LogP contribution in [0.15, 0.2) is 24.3 Å². The molecule has 0 spiro atoms. The average Bonchev–Trinajstić information content (AvgIpc) is 2.53. The Hall–Kier alpha value is -1.06. The summed E-state index contributed by atoms with van der Waals surface area (Å²) in [5, 5.41) is 3.69.